The molecule has 0 aliphatic rings. The summed E-state index contributed by atoms with van der Waals surface area (Å²) in [6.45, 7) is 0. The molecule has 0 aliphatic heterocycles. The summed E-state index contributed by atoms with van der Waals surface area (Å²) in [6, 6.07) is 66.9. The topological polar surface area (TPSA) is 16.4 Å². The summed E-state index contributed by atoms with van der Waals surface area (Å²) in [4.78, 5) is 2.39. The van der Waals surface area contributed by atoms with E-state index in [0.717, 1.165) is 49.8 Å². The van der Waals surface area contributed by atoms with Crippen LogP contribution in [-0.2, 0) is 0 Å². The Hall–Kier alpha value is -6.38. The summed E-state index contributed by atoms with van der Waals surface area (Å²) in [7, 11) is 0. The van der Waals surface area contributed by atoms with Gasteiger partial charge >= 0.3 is 0 Å². The lowest BCUT2D eigenvalue weighted by atomic mass is 9.97. The van der Waals surface area contributed by atoms with Crippen molar-refractivity contribution in [2.75, 3.05) is 4.90 Å². The minimum atomic E-state index is 0.893. The van der Waals surface area contributed by atoms with Crippen LogP contribution in [0.25, 0.3) is 66.1 Å². The van der Waals surface area contributed by atoms with Gasteiger partial charge in [0, 0.05) is 32.9 Å². The van der Waals surface area contributed by atoms with Gasteiger partial charge in [-0.3, -0.25) is 0 Å². The molecule has 226 valence electrons. The average Bonchev–Trinajstić information content (AvgIpc) is 3.55. The first-order valence-electron chi connectivity index (χ1n) is 16.3. The second-order valence-corrected chi connectivity index (χ2v) is 12.2. The molecular formula is C46H31NO. The zero-order chi connectivity index (χ0) is 31.9. The molecule has 0 fully saturated rings. The summed E-state index contributed by atoms with van der Waals surface area (Å²) >= 11 is 0. The largest absolute Gasteiger partial charge is 0.455 e. The van der Waals surface area contributed by atoms with E-state index in [1.165, 1.54) is 33.4 Å². The highest BCUT2D eigenvalue weighted by Gasteiger charge is 2.21. The number of furan rings is 1. The quantitative estimate of drug-likeness (QED) is 0.185. The van der Waals surface area contributed by atoms with E-state index in [1.54, 1.807) is 0 Å². The van der Waals surface area contributed by atoms with Crippen LogP contribution in [0.15, 0.2) is 192 Å². The average molecular weight is 614 g/mol. The lowest BCUT2D eigenvalue weighted by molar-refractivity contribution is 0.672. The summed E-state index contributed by atoms with van der Waals surface area (Å²) in [5.41, 5.74) is 12.2. The lowest BCUT2D eigenvalue weighted by Crippen LogP contribution is -2.10. The molecule has 9 aromatic rings. The van der Waals surface area contributed by atoms with Crippen molar-refractivity contribution in [3.05, 3.63) is 188 Å². The number of hydrogen-bond donors (Lipinski definition) is 0. The highest BCUT2D eigenvalue weighted by Crippen LogP contribution is 2.46. The Morgan fingerprint density at radius 1 is 0.312 bits per heavy atom. The molecule has 0 aliphatic carbocycles. The minimum Gasteiger partial charge on any atom is -0.455 e. The van der Waals surface area contributed by atoms with Crippen molar-refractivity contribution >= 4 is 49.8 Å². The minimum absolute atomic E-state index is 0.893. The van der Waals surface area contributed by atoms with Crippen molar-refractivity contribution in [1.29, 1.82) is 0 Å². The van der Waals surface area contributed by atoms with E-state index in [4.69, 9.17) is 4.42 Å². The van der Waals surface area contributed by atoms with Crippen LogP contribution in [0.5, 0.6) is 0 Å². The van der Waals surface area contributed by atoms with E-state index < -0.39 is 0 Å². The molecule has 2 heteroatoms. The van der Waals surface area contributed by atoms with Crippen molar-refractivity contribution in [2.24, 2.45) is 0 Å². The number of rotatable bonds is 6. The molecule has 1 heterocycles. The summed E-state index contributed by atoms with van der Waals surface area (Å²) in [6.07, 6.45) is 0. The number of hydrogen-bond acceptors (Lipinski definition) is 2. The Labute approximate surface area is 279 Å². The van der Waals surface area contributed by atoms with Gasteiger partial charge in [0.05, 0.1) is 5.69 Å². The SMILES string of the molecule is c1ccc(-c2ccc(N(c3ccc(-c4ccccc4)cc3)c3cc4c5ccccc5oc4c4ccc(-c5ccccc5)cc34)cc2)cc1. The van der Waals surface area contributed by atoms with E-state index >= 15 is 0 Å². The first kappa shape index (κ1) is 27.9. The molecule has 0 radical (unpaired) electrons. The smallest absolute Gasteiger partial charge is 0.143 e. The highest BCUT2D eigenvalue weighted by atomic mass is 16.3. The molecule has 2 nitrogen and oxygen atoms in total. The van der Waals surface area contributed by atoms with Crippen molar-refractivity contribution in [1.82, 2.24) is 0 Å². The van der Waals surface area contributed by atoms with Gasteiger partial charge in [0.2, 0.25) is 0 Å². The molecule has 48 heavy (non-hydrogen) atoms. The standard InChI is InChI=1S/C46H31NO/c1-4-12-32(13-5-1)35-20-25-38(26-21-35)47(39-27-22-36(23-28-39)33-14-6-2-7-15-33)44-31-43-40-18-10-11-19-45(40)48-46(43)41-29-24-37(30-42(41)44)34-16-8-3-9-17-34/h1-31H. The van der Waals surface area contributed by atoms with Gasteiger partial charge in [0.1, 0.15) is 11.2 Å². The van der Waals surface area contributed by atoms with E-state index in [2.05, 4.69) is 187 Å². The monoisotopic (exact) mass is 613 g/mol. The third kappa shape index (κ3) is 4.92. The predicted octanol–water partition coefficient (Wildman–Crippen LogP) is 13.2. The number of benzene rings is 8. The maximum absolute atomic E-state index is 6.57. The zero-order valence-electron chi connectivity index (χ0n) is 26.3. The van der Waals surface area contributed by atoms with Gasteiger partial charge in [-0.15, -0.1) is 0 Å². The normalized spacial score (nSPS) is 11.3. The number of fused-ring (bicyclic) bond motifs is 5. The van der Waals surface area contributed by atoms with Crippen molar-refractivity contribution in [2.45, 2.75) is 0 Å². The van der Waals surface area contributed by atoms with Crippen LogP contribution in [0.2, 0.25) is 0 Å². The predicted molar refractivity (Wildman–Crippen MR) is 202 cm³/mol. The fourth-order valence-corrected chi connectivity index (χ4v) is 6.87. The maximum Gasteiger partial charge on any atom is 0.143 e. The van der Waals surface area contributed by atoms with E-state index in [-0.39, 0.29) is 0 Å². The molecule has 0 saturated carbocycles. The molecule has 9 rings (SSSR count). The van der Waals surface area contributed by atoms with Gasteiger partial charge in [-0.1, -0.05) is 140 Å². The van der Waals surface area contributed by atoms with E-state index in [1.807, 2.05) is 6.07 Å². The van der Waals surface area contributed by atoms with Crippen LogP contribution in [0.3, 0.4) is 0 Å². The first-order chi connectivity index (χ1) is 23.8. The van der Waals surface area contributed by atoms with Gasteiger partial charge in [-0.25, -0.2) is 0 Å². The van der Waals surface area contributed by atoms with E-state index in [9.17, 15) is 0 Å². The summed E-state index contributed by atoms with van der Waals surface area (Å²) in [5.74, 6) is 0. The molecule has 0 spiro atoms. The van der Waals surface area contributed by atoms with Gasteiger partial charge in [0.25, 0.3) is 0 Å². The van der Waals surface area contributed by atoms with Gasteiger partial charge in [-0.05, 0) is 81.9 Å². The molecule has 0 bridgehead atoms. The summed E-state index contributed by atoms with van der Waals surface area (Å²) in [5, 5.41) is 4.43. The molecule has 0 atom stereocenters. The van der Waals surface area contributed by atoms with Crippen LogP contribution in [-0.4, -0.2) is 0 Å². The van der Waals surface area contributed by atoms with Crippen molar-refractivity contribution < 1.29 is 4.42 Å². The number of para-hydroxylation sites is 1. The Morgan fingerprint density at radius 3 is 1.33 bits per heavy atom. The molecule has 0 amide bonds. The molecule has 0 saturated heterocycles. The van der Waals surface area contributed by atoms with Crippen LogP contribution in [0.4, 0.5) is 17.1 Å². The van der Waals surface area contributed by atoms with Crippen LogP contribution < -0.4 is 4.90 Å². The van der Waals surface area contributed by atoms with Gasteiger partial charge in [0.15, 0.2) is 0 Å². The Morgan fingerprint density at radius 2 is 0.771 bits per heavy atom. The van der Waals surface area contributed by atoms with Crippen molar-refractivity contribution in [3.63, 3.8) is 0 Å². The van der Waals surface area contributed by atoms with Crippen LogP contribution >= 0.6 is 0 Å². The van der Waals surface area contributed by atoms with Crippen molar-refractivity contribution in [3.8, 4) is 33.4 Å². The second kappa shape index (κ2) is 11.8. The molecule has 8 aromatic carbocycles. The number of anilines is 3. The van der Waals surface area contributed by atoms with Gasteiger partial charge < -0.3 is 9.32 Å². The molecule has 0 N–H and O–H groups in total. The Balaban J connectivity index is 1.30. The van der Waals surface area contributed by atoms with E-state index in [0.29, 0.717) is 0 Å². The third-order valence-corrected chi connectivity index (χ3v) is 9.27. The Bertz CT molecular complexity index is 2430. The third-order valence-electron chi connectivity index (χ3n) is 9.27. The fraction of sp³-hybridized carbons (Fsp3) is 0. The summed E-state index contributed by atoms with van der Waals surface area (Å²) < 4.78 is 6.57. The first-order valence-corrected chi connectivity index (χ1v) is 16.3. The Kier molecular flexibility index (Phi) is 6.84. The number of nitrogens with zero attached hydrogens (tertiary/aromatic N) is 1. The second-order valence-electron chi connectivity index (χ2n) is 12.2. The van der Waals surface area contributed by atoms with Gasteiger partial charge in [-0.2, -0.15) is 0 Å². The maximum atomic E-state index is 6.57. The fourth-order valence-electron chi connectivity index (χ4n) is 6.87. The molecule has 0 unspecified atom stereocenters. The van der Waals surface area contributed by atoms with Crippen LogP contribution in [0.1, 0.15) is 0 Å². The molecule has 1 aromatic heterocycles. The highest BCUT2D eigenvalue weighted by molar-refractivity contribution is 6.20. The van der Waals surface area contributed by atoms with Crippen LogP contribution in [0, 0.1) is 0 Å². The lowest BCUT2D eigenvalue weighted by Gasteiger charge is -2.28. The zero-order valence-corrected chi connectivity index (χ0v) is 26.3. The molecular weight excluding hydrogens is 583 g/mol.